The van der Waals surface area contributed by atoms with Crippen LogP contribution in [-0.4, -0.2) is 4.98 Å². The van der Waals surface area contributed by atoms with Gasteiger partial charge in [0.2, 0.25) is 5.69 Å². The molecule has 0 aliphatic heterocycles. The maximum absolute atomic E-state index is 4.79. The number of rotatable bonds is 3. The summed E-state index contributed by atoms with van der Waals surface area (Å²) in [7, 11) is 2.16. The van der Waals surface area contributed by atoms with Crippen molar-refractivity contribution in [3.8, 4) is 22.4 Å². The molecule has 0 bridgehead atoms. The highest BCUT2D eigenvalue weighted by molar-refractivity contribution is 6.02. The van der Waals surface area contributed by atoms with Gasteiger partial charge < -0.3 is 0 Å². The first-order valence-corrected chi connectivity index (χ1v) is 11.1. The van der Waals surface area contributed by atoms with Crippen LogP contribution in [0.5, 0.6) is 0 Å². The number of pyridine rings is 2. The predicted molar refractivity (Wildman–Crippen MR) is 131 cm³/mol. The van der Waals surface area contributed by atoms with Crippen LogP contribution in [0.1, 0.15) is 43.2 Å². The Morgan fingerprint density at radius 2 is 1.58 bits per heavy atom. The van der Waals surface area contributed by atoms with Crippen LogP contribution in [0.2, 0.25) is 0 Å². The summed E-state index contributed by atoms with van der Waals surface area (Å²) in [5, 5.41) is 2.54. The summed E-state index contributed by atoms with van der Waals surface area (Å²) in [4.78, 5) is 4.79. The van der Waals surface area contributed by atoms with E-state index in [-0.39, 0.29) is 5.41 Å². The molecule has 31 heavy (non-hydrogen) atoms. The van der Waals surface area contributed by atoms with E-state index in [1.165, 1.54) is 44.3 Å². The maximum atomic E-state index is 4.79. The Balaban J connectivity index is 1.91. The van der Waals surface area contributed by atoms with Gasteiger partial charge in [0.1, 0.15) is 7.05 Å². The minimum Gasteiger partial charge on any atom is -0.261 e. The zero-order chi connectivity index (χ0) is 22.3. The van der Waals surface area contributed by atoms with E-state index in [4.69, 9.17) is 4.98 Å². The van der Waals surface area contributed by atoms with E-state index in [0.29, 0.717) is 0 Å². The molecule has 2 heteroatoms. The SMILES string of the molecule is Cc1cc(C)c(C)c(-c2c3ccccc3c(-c3ccc(CC(C)(C)C)nc3)c[n+]2C)c1. The van der Waals surface area contributed by atoms with Crippen molar-refractivity contribution in [3.05, 3.63) is 83.3 Å². The van der Waals surface area contributed by atoms with E-state index >= 15 is 0 Å². The number of hydrogen-bond donors (Lipinski definition) is 0. The van der Waals surface area contributed by atoms with Crippen molar-refractivity contribution in [1.29, 1.82) is 0 Å². The summed E-state index contributed by atoms with van der Waals surface area (Å²) < 4.78 is 2.28. The number of hydrogen-bond acceptors (Lipinski definition) is 1. The van der Waals surface area contributed by atoms with Crippen LogP contribution >= 0.6 is 0 Å². The van der Waals surface area contributed by atoms with Gasteiger partial charge in [0.25, 0.3) is 0 Å². The van der Waals surface area contributed by atoms with Crippen molar-refractivity contribution < 1.29 is 4.57 Å². The second-order valence-electron chi connectivity index (χ2n) is 10.1. The molecule has 4 aromatic rings. The molecule has 0 saturated heterocycles. The van der Waals surface area contributed by atoms with Gasteiger partial charge in [0.15, 0.2) is 6.20 Å². The monoisotopic (exact) mass is 409 g/mol. The second kappa shape index (κ2) is 7.92. The third kappa shape index (κ3) is 4.25. The van der Waals surface area contributed by atoms with Gasteiger partial charge in [-0.3, -0.25) is 4.98 Å². The average molecular weight is 410 g/mol. The largest absolute Gasteiger partial charge is 0.261 e. The van der Waals surface area contributed by atoms with Gasteiger partial charge in [-0.25, -0.2) is 0 Å². The van der Waals surface area contributed by atoms with Crippen LogP contribution in [0, 0.1) is 26.2 Å². The minimum absolute atomic E-state index is 0.235. The van der Waals surface area contributed by atoms with Crippen LogP contribution in [-0.2, 0) is 13.5 Å². The van der Waals surface area contributed by atoms with Crippen LogP contribution in [0.4, 0.5) is 0 Å². The fourth-order valence-corrected chi connectivity index (χ4v) is 4.52. The molecule has 0 aliphatic rings. The Morgan fingerprint density at radius 3 is 2.23 bits per heavy atom. The number of fused-ring (bicyclic) bond motifs is 1. The van der Waals surface area contributed by atoms with Gasteiger partial charge >= 0.3 is 0 Å². The van der Waals surface area contributed by atoms with Gasteiger partial charge in [-0.2, -0.15) is 4.57 Å². The fraction of sp³-hybridized carbons (Fsp3) is 0.310. The highest BCUT2D eigenvalue weighted by Gasteiger charge is 2.22. The molecule has 0 amide bonds. The van der Waals surface area contributed by atoms with Crippen molar-refractivity contribution in [2.75, 3.05) is 0 Å². The standard InChI is InChI=1S/C29H33N2/c1-19-14-20(2)21(3)26(15-19)28-25-11-9-8-10-24(25)27(18-31(28)7)22-12-13-23(30-17-22)16-29(4,5)6/h8-15,17-18H,16H2,1-7H3/q+1. The van der Waals surface area contributed by atoms with Gasteiger partial charge in [-0.05, 0) is 61.9 Å². The molecule has 2 nitrogen and oxygen atoms in total. The van der Waals surface area contributed by atoms with Gasteiger partial charge in [-0.1, -0.05) is 56.7 Å². The van der Waals surface area contributed by atoms with E-state index in [1.54, 1.807) is 0 Å². The van der Waals surface area contributed by atoms with Crippen LogP contribution in [0.25, 0.3) is 33.2 Å². The molecule has 158 valence electrons. The lowest BCUT2D eigenvalue weighted by molar-refractivity contribution is -0.658. The fourth-order valence-electron chi connectivity index (χ4n) is 4.52. The lowest BCUT2D eigenvalue weighted by Gasteiger charge is -2.17. The van der Waals surface area contributed by atoms with E-state index in [0.717, 1.165) is 17.7 Å². The Labute approximate surface area is 186 Å². The normalized spacial score (nSPS) is 11.8. The summed E-state index contributed by atoms with van der Waals surface area (Å²) in [5.74, 6) is 0. The molecule has 0 atom stereocenters. The molecular formula is C29H33N2+. The number of nitrogens with zero attached hydrogens (tertiary/aromatic N) is 2. The Kier molecular flexibility index (Phi) is 5.43. The Hall–Kier alpha value is -3.00. The second-order valence-corrected chi connectivity index (χ2v) is 10.1. The third-order valence-corrected chi connectivity index (χ3v) is 6.06. The first-order valence-electron chi connectivity index (χ1n) is 11.1. The van der Waals surface area contributed by atoms with Crippen molar-refractivity contribution in [3.63, 3.8) is 0 Å². The molecule has 2 aromatic heterocycles. The van der Waals surface area contributed by atoms with E-state index in [9.17, 15) is 0 Å². The molecule has 0 unspecified atom stereocenters. The van der Waals surface area contributed by atoms with Crippen molar-refractivity contribution in [2.45, 2.75) is 48.0 Å². The summed E-state index contributed by atoms with van der Waals surface area (Å²) in [6, 6.07) is 17.7. The third-order valence-electron chi connectivity index (χ3n) is 6.06. The summed E-state index contributed by atoms with van der Waals surface area (Å²) in [5.41, 5.74) is 10.3. The van der Waals surface area contributed by atoms with Crippen LogP contribution in [0.3, 0.4) is 0 Å². The van der Waals surface area contributed by atoms with Crippen LogP contribution < -0.4 is 4.57 Å². The van der Waals surface area contributed by atoms with E-state index < -0.39 is 0 Å². The molecule has 0 saturated carbocycles. The molecule has 0 fully saturated rings. The average Bonchev–Trinajstić information content (AvgIpc) is 2.70. The Morgan fingerprint density at radius 1 is 0.871 bits per heavy atom. The number of aromatic nitrogens is 2. The van der Waals surface area contributed by atoms with Gasteiger partial charge in [-0.15, -0.1) is 0 Å². The van der Waals surface area contributed by atoms with Crippen molar-refractivity contribution in [2.24, 2.45) is 12.5 Å². The quantitative estimate of drug-likeness (QED) is 0.336. The molecule has 0 N–H and O–H groups in total. The minimum atomic E-state index is 0.235. The van der Waals surface area contributed by atoms with Crippen molar-refractivity contribution in [1.82, 2.24) is 4.98 Å². The number of benzene rings is 2. The van der Waals surface area contributed by atoms with Gasteiger partial charge in [0, 0.05) is 22.8 Å². The summed E-state index contributed by atoms with van der Waals surface area (Å²) >= 11 is 0. The molecular weight excluding hydrogens is 376 g/mol. The maximum Gasteiger partial charge on any atom is 0.220 e. The summed E-state index contributed by atoms with van der Waals surface area (Å²) in [6.07, 6.45) is 5.27. The smallest absolute Gasteiger partial charge is 0.220 e. The highest BCUT2D eigenvalue weighted by Crippen LogP contribution is 2.35. The van der Waals surface area contributed by atoms with E-state index in [1.807, 2.05) is 6.20 Å². The topological polar surface area (TPSA) is 16.8 Å². The van der Waals surface area contributed by atoms with Crippen LogP contribution in [0.15, 0.2) is 60.9 Å². The number of aryl methyl sites for hydroxylation is 3. The van der Waals surface area contributed by atoms with E-state index in [2.05, 4.69) is 108 Å². The molecule has 2 aromatic carbocycles. The zero-order valence-electron chi connectivity index (χ0n) is 19.9. The molecule has 0 radical (unpaired) electrons. The first-order chi connectivity index (χ1) is 14.6. The van der Waals surface area contributed by atoms with Crippen molar-refractivity contribution >= 4 is 10.8 Å². The van der Waals surface area contributed by atoms with Gasteiger partial charge in [0.05, 0.1) is 16.5 Å². The molecule has 0 aliphatic carbocycles. The lowest BCUT2D eigenvalue weighted by atomic mass is 9.90. The lowest BCUT2D eigenvalue weighted by Crippen LogP contribution is -2.31. The molecule has 0 spiro atoms. The Bertz CT molecular complexity index is 1260. The summed E-state index contributed by atoms with van der Waals surface area (Å²) in [6.45, 7) is 13.4. The predicted octanol–water partition coefficient (Wildman–Crippen LogP) is 6.91. The highest BCUT2D eigenvalue weighted by atomic mass is 14.9. The molecule has 2 heterocycles. The molecule has 4 rings (SSSR count). The zero-order valence-corrected chi connectivity index (χ0v) is 19.9. The first kappa shape index (κ1) is 21.2.